The summed E-state index contributed by atoms with van der Waals surface area (Å²) in [6, 6.07) is 15.2. The molecule has 0 fully saturated rings. The molecule has 0 spiro atoms. The number of benzene rings is 2. The van der Waals surface area contributed by atoms with E-state index in [0.717, 1.165) is 34.6 Å². The summed E-state index contributed by atoms with van der Waals surface area (Å²) in [5, 5.41) is 7.30. The van der Waals surface area contributed by atoms with Gasteiger partial charge < -0.3 is 14.6 Å². The topological polar surface area (TPSA) is 80.5 Å². The van der Waals surface area contributed by atoms with E-state index in [1.165, 1.54) is 5.56 Å². The number of aromatic nitrogens is 2. The number of amides is 2. The number of nitrogens with one attached hydrogen (secondary N) is 1. The molecule has 0 aliphatic carbocycles. The van der Waals surface area contributed by atoms with Crippen LogP contribution in [0.25, 0.3) is 17.0 Å². The first-order valence-electron chi connectivity index (χ1n) is 11.1. The van der Waals surface area contributed by atoms with Crippen LogP contribution in [0.5, 0.6) is 5.75 Å². The highest BCUT2D eigenvalue weighted by Crippen LogP contribution is 2.37. The maximum absolute atomic E-state index is 12.8. The molecule has 2 aromatic carbocycles. The van der Waals surface area contributed by atoms with Crippen LogP contribution in [0.1, 0.15) is 43.8 Å². The highest BCUT2D eigenvalue weighted by Gasteiger charge is 2.35. The summed E-state index contributed by atoms with van der Waals surface area (Å²) in [5.41, 5.74) is 4.52. The molecule has 1 aromatic heterocycles. The lowest BCUT2D eigenvalue weighted by atomic mass is 9.93. The Balaban J connectivity index is 1.75. The van der Waals surface area contributed by atoms with Crippen molar-refractivity contribution in [3.8, 4) is 17.1 Å². The van der Waals surface area contributed by atoms with Crippen molar-refractivity contribution in [2.24, 2.45) is 0 Å². The van der Waals surface area contributed by atoms with Crippen LogP contribution >= 0.6 is 0 Å². The molecule has 3 aromatic rings. The van der Waals surface area contributed by atoms with Gasteiger partial charge >= 0.3 is 6.03 Å². The Morgan fingerprint density at radius 2 is 1.88 bits per heavy atom. The van der Waals surface area contributed by atoms with E-state index < -0.39 is 6.04 Å². The van der Waals surface area contributed by atoms with Crippen LogP contribution < -0.4 is 10.1 Å². The van der Waals surface area contributed by atoms with Gasteiger partial charge in [-0.05, 0) is 55.7 Å². The van der Waals surface area contributed by atoms with Gasteiger partial charge in [0.2, 0.25) is 5.82 Å². The number of urea groups is 1. The summed E-state index contributed by atoms with van der Waals surface area (Å²) in [7, 11) is 0. The third-order valence-electron chi connectivity index (χ3n) is 5.71. The maximum Gasteiger partial charge on any atom is 0.322 e. The van der Waals surface area contributed by atoms with Crippen LogP contribution in [0.15, 0.2) is 71.4 Å². The average Bonchev–Trinajstić information content (AvgIpc) is 3.32. The zero-order valence-electron chi connectivity index (χ0n) is 19.2. The van der Waals surface area contributed by atoms with Gasteiger partial charge in [-0.15, -0.1) is 6.58 Å². The summed E-state index contributed by atoms with van der Waals surface area (Å²) in [6.45, 7) is 10.7. The fourth-order valence-electron chi connectivity index (χ4n) is 3.92. The first-order chi connectivity index (χ1) is 16.0. The second kappa shape index (κ2) is 9.73. The first-order valence-corrected chi connectivity index (χ1v) is 11.1. The van der Waals surface area contributed by atoms with E-state index >= 15 is 0 Å². The molecule has 7 nitrogen and oxygen atoms in total. The van der Waals surface area contributed by atoms with Crippen LogP contribution in [0, 0.1) is 0 Å². The van der Waals surface area contributed by atoms with Crippen molar-refractivity contribution in [3.63, 3.8) is 0 Å². The first kappa shape index (κ1) is 22.3. The van der Waals surface area contributed by atoms with Crippen molar-refractivity contribution in [3.05, 3.63) is 83.9 Å². The molecule has 1 aliphatic rings. The van der Waals surface area contributed by atoms with Crippen LogP contribution in [-0.2, 0) is 6.42 Å². The predicted octanol–water partition coefficient (Wildman–Crippen LogP) is 5.38. The van der Waals surface area contributed by atoms with Gasteiger partial charge in [0, 0.05) is 17.8 Å². The number of ether oxygens (including phenoxy) is 1. The molecule has 170 valence electrons. The van der Waals surface area contributed by atoms with E-state index in [4.69, 9.17) is 9.26 Å². The number of nitrogens with zero attached hydrogens (tertiary/aromatic N) is 3. The summed E-state index contributed by atoms with van der Waals surface area (Å²) in [5.74, 6) is 1.63. The van der Waals surface area contributed by atoms with E-state index in [-0.39, 0.29) is 6.03 Å². The van der Waals surface area contributed by atoms with Crippen LogP contribution in [0.3, 0.4) is 0 Å². The summed E-state index contributed by atoms with van der Waals surface area (Å²) in [4.78, 5) is 19.1. The third-order valence-corrected chi connectivity index (χ3v) is 5.71. The minimum absolute atomic E-state index is 0.188. The molecule has 1 aliphatic heterocycles. The van der Waals surface area contributed by atoms with Gasteiger partial charge in [0.15, 0.2) is 0 Å². The Kier molecular flexibility index (Phi) is 6.58. The fraction of sp³-hybridized carbons (Fsp3) is 0.269. The smallest absolute Gasteiger partial charge is 0.322 e. The largest absolute Gasteiger partial charge is 0.494 e. The summed E-state index contributed by atoms with van der Waals surface area (Å²) >= 11 is 0. The Morgan fingerprint density at radius 3 is 2.52 bits per heavy atom. The molecular formula is C26H28N4O3. The van der Waals surface area contributed by atoms with Crippen molar-refractivity contribution < 1.29 is 14.1 Å². The number of carbonyl (C=O) groups is 1. The summed E-state index contributed by atoms with van der Waals surface area (Å²) < 4.78 is 11.2. The van der Waals surface area contributed by atoms with Crippen LogP contribution in [-0.4, -0.2) is 34.2 Å². The number of hydrogen-bond acceptors (Lipinski definition) is 5. The lowest BCUT2D eigenvalue weighted by Gasteiger charge is -2.34. The highest BCUT2D eigenvalue weighted by molar-refractivity contribution is 5.87. The minimum Gasteiger partial charge on any atom is -0.494 e. The zero-order chi connectivity index (χ0) is 23.4. The average molecular weight is 445 g/mol. The molecule has 0 bridgehead atoms. The Bertz CT molecular complexity index is 1160. The standard InChI is InChI=1S/C26H28N4O3/c1-5-16-30-17(4)22(23(27-26(30)31)19-10-8-18(6-2)9-11-19)25-28-24(29-33-25)20-12-14-21(15-13-20)32-7-3/h5,8-15,23H,1,6-7,16H2,2-4H3,(H,27,31). The number of carbonyl (C=O) groups excluding carboxylic acids is 1. The molecular weight excluding hydrogens is 416 g/mol. The Labute approximate surface area is 193 Å². The van der Waals surface area contributed by atoms with Crippen molar-refractivity contribution in [1.29, 1.82) is 0 Å². The molecule has 2 heterocycles. The quantitative estimate of drug-likeness (QED) is 0.472. The molecule has 1 atom stereocenters. The van der Waals surface area contributed by atoms with Gasteiger partial charge in [0.1, 0.15) is 5.75 Å². The SMILES string of the molecule is C=CCN1C(=O)NC(c2ccc(CC)cc2)C(c2nc(-c3ccc(OCC)cc3)no2)=C1C. The molecule has 4 rings (SSSR count). The maximum atomic E-state index is 12.8. The monoisotopic (exact) mass is 444 g/mol. The second-order valence-electron chi connectivity index (χ2n) is 7.76. The lowest BCUT2D eigenvalue weighted by molar-refractivity contribution is 0.209. The van der Waals surface area contributed by atoms with Crippen molar-refractivity contribution in [2.75, 3.05) is 13.2 Å². The van der Waals surface area contributed by atoms with Crippen molar-refractivity contribution >= 4 is 11.6 Å². The summed E-state index contributed by atoms with van der Waals surface area (Å²) in [6.07, 6.45) is 2.64. The predicted molar refractivity (Wildman–Crippen MR) is 127 cm³/mol. The van der Waals surface area contributed by atoms with E-state index in [1.807, 2.05) is 50.2 Å². The van der Waals surface area contributed by atoms with Gasteiger partial charge in [0.05, 0.1) is 18.2 Å². The van der Waals surface area contributed by atoms with Gasteiger partial charge in [-0.3, -0.25) is 4.90 Å². The van der Waals surface area contributed by atoms with E-state index in [2.05, 4.69) is 41.1 Å². The van der Waals surface area contributed by atoms with Crippen LogP contribution in [0.2, 0.25) is 0 Å². The molecule has 0 saturated heterocycles. The lowest BCUT2D eigenvalue weighted by Crippen LogP contribution is -2.46. The Morgan fingerprint density at radius 1 is 1.15 bits per heavy atom. The number of rotatable bonds is 8. The second-order valence-corrected chi connectivity index (χ2v) is 7.76. The molecule has 0 radical (unpaired) electrons. The van der Waals surface area contributed by atoms with Crippen molar-refractivity contribution in [2.45, 2.75) is 33.2 Å². The number of allylic oxidation sites excluding steroid dienone is 1. The highest BCUT2D eigenvalue weighted by atomic mass is 16.5. The normalized spacial score (nSPS) is 16.0. The molecule has 0 saturated carbocycles. The minimum atomic E-state index is -0.405. The fourth-order valence-corrected chi connectivity index (χ4v) is 3.92. The molecule has 7 heteroatoms. The number of aryl methyl sites for hydroxylation is 1. The van der Waals surface area contributed by atoms with Crippen molar-refractivity contribution in [1.82, 2.24) is 20.4 Å². The molecule has 33 heavy (non-hydrogen) atoms. The molecule has 1 unspecified atom stereocenters. The van der Waals surface area contributed by atoms with E-state index in [0.29, 0.717) is 24.9 Å². The number of hydrogen-bond donors (Lipinski definition) is 1. The zero-order valence-corrected chi connectivity index (χ0v) is 19.2. The molecule has 1 N–H and O–H groups in total. The van der Waals surface area contributed by atoms with E-state index in [9.17, 15) is 4.79 Å². The van der Waals surface area contributed by atoms with Crippen LogP contribution in [0.4, 0.5) is 4.79 Å². The van der Waals surface area contributed by atoms with Gasteiger partial charge in [0.25, 0.3) is 5.89 Å². The molecule has 2 amide bonds. The van der Waals surface area contributed by atoms with Gasteiger partial charge in [-0.1, -0.05) is 42.4 Å². The third kappa shape index (κ3) is 4.53. The van der Waals surface area contributed by atoms with E-state index in [1.54, 1.807) is 11.0 Å². The van der Waals surface area contributed by atoms with Gasteiger partial charge in [-0.25, -0.2) is 4.79 Å². The van der Waals surface area contributed by atoms with Gasteiger partial charge in [-0.2, -0.15) is 4.98 Å². The Hall–Kier alpha value is -3.87.